The van der Waals surface area contributed by atoms with Gasteiger partial charge >= 0.3 is 0 Å². The highest BCUT2D eigenvalue weighted by molar-refractivity contribution is 9.10. The monoisotopic (exact) mass is 412 g/mol. The number of nitrogens with zero attached hydrogens (tertiary/aromatic N) is 3. The molecule has 2 aromatic rings. The van der Waals surface area contributed by atoms with Crippen LogP contribution in [0.2, 0.25) is 18.1 Å². The number of nitrogens with one attached hydrogen (secondary N) is 1. The molecule has 0 spiro atoms. The van der Waals surface area contributed by atoms with E-state index in [4.69, 9.17) is 4.43 Å². The number of aromatic nitrogens is 3. The Morgan fingerprint density at radius 1 is 1.25 bits per heavy atom. The number of anilines is 1. The summed E-state index contributed by atoms with van der Waals surface area (Å²) in [6.45, 7) is 13.3. The van der Waals surface area contributed by atoms with Crippen molar-refractivity contribution in [2.24, 2.45) is 0 Å². The van der Waals surface area contributed by atoms with Crippen LogP contribution in [0.5, 0.6) is 0 Å². The van der Waals surface area contributed by atoms with E-state index in [2.05, 4.69) is 65.2 Å². The lowest BCUT2D eigenvalue weighted by molar-refractivity contribution is 0.278. The highest BCUT2D eigenvalue weighted by Gasteiger charge is 2.36. The molecule has 0 aromatic carbocycles. The van der Waals surface area contributed by atoms with Crippen molar-refractivity contribution in [1.29, 1.82) is 0 Å². The number of hydrogen-bond acceptors (Lipinski definition) is 4. The molecule has 0 unspecified atom stereocenters. The normalized spacial score (nSPS) is 12.8. The molecule has 134 valence electrons. The largest absolute Gasteiger partial charge is 0.417 e. The van der Waals surface area contributed by atoms with Crippen molar-refractivity contribution < 1.29 is 4.43 Å². The molecule has 0 saturated carbocycles. The molecule has 2 heterocycles. The zero-order chi connectivity index (χ0) is 17.8. The molecule has 2 aromatic heterocycles. The summed E-state index contributed by atoms with van der Waals surface area (Å²) in [7, 11) is -1.59. The van der Waals surface area contributed by atoms with E-state index < -0.39 is 8.32 Å². The minimum absolute atomic E-state index is 0.292. The van der Waals surface area contributed by atoms with Crippen LogP contribution < -0.4 is 5.32 Å². The van der Waals surface area contributed by atoms with Gasteiger partial charge in [0.2, 0.25) is 0 Å². The maximum atomic E-state index is 6.20. The Hall–Kier alpha value is -0.923. The molecule has 0 aliphatic heterocycles. The van der Waals surface area contributed by atoms with Gasteiger partial charge in [-0.15, -0.1) is 0 Å². The third-order valence-electron chi connectivity index (χ3n) is 4.72. The van der Waals surface area contributed by atoms with Gasteiger partial charge in [-0.3, -0.25) is 0 Å². The van der Waals surface area contributed by atoms with Crippen LogP contribution in [0.15, 0.2) is 22.9 Å². The maximum absolute atomic E-state index is 6.20. The van der Waals surface area contributed by atoms with Crippen LogP contribution in [0.4, 0.5) is 5.82 Å². The minimum atomic E-state index is -1.59. The van der Waals surface area contributed by atoms with Crippen molar-refractivity contribution in [2.45, 2.75) is 58.2 Å². The Balaban J connectivity index is 1.65. The van der Waals surface area contributed by atoms with Gasteiger partial charge in [0.25, 0.3) is 0 Å². The molecule has 0 bridgehead atoms. The standard InChI is InChI=1S/C17H29BrN4OSi/c1-17(2,3)24(4,5)23-12-8-6-7-10-19-15-9-11-22-16(21-15)14(18)13-20-22/h9,11,13H,6-8,10,12H2,1-5H3,(H,19,21). The molecule has 0 fully saturated rings. The summed E-state index contributed by atoms with van der Waals surface area (Å²) in [5.74, 6) is 0.890. The summed E-state index contributed by atoms with van der Waals surface area (Å²) >= 11 is 3.46. The Bertz CT molecular complexity index is 666. The third-order valence-corrected chi connectivity index (χ3v) is 9.82. The SMILES string of the molecule is CC(C)(C)[Si](C)(C)OCCCCCNc1ccn2ncc(Br)c2n1. The van der Waals surface area contributed by atoms with Crippen molar-refractivity contribution >= 4 is 35.7 Å². The predicted octanol–water partition coefficient (Wildman–Crippen LogP) is 5.10. The fraction of sp³-hybridized carbons (Fsp3) is 0.647. The van der Waals surface area contributed by atoms with Crippen molar-refractivity contribution in [3.05, 3.63) is 22.9 Å². The van der Waals surface area contributed by atoms with Gasteiger partial charge in [-0.1, -0.05) is 20.8 Å². The van der Waals surface area contributed by atoms with Crippen LogP contribution in [0.3, 0.4) is 0 Å². The first-order chi connectivity index (χ1) is 11.2. The number of rotatable bonds is 8. The molecule has 0 aliphatic rings. The summed E-state index contributed by atoms with van der Waals surface area (Å²) in [4.78, 5) is 4.55. The highest BCUT2D eigenvalue weighted by Crippen LogP contribution is 2.36. The van der Waals surface area contributed by atoms with E-state index in [-0.39, 0.29) is 0 Å². The fourth-order valence-electron chi connectivity index (χ4n) is 2.10. The lowest BCUT2D eigenvalue weighted by atomic mass is 10.2. The summed E-state index contributed by atoms with van der Waals surface area (Å²) in [6, 6.07) is 1.95. The molecule has 24 heavy (non-hydrogen) atoms. The molecule has 0 radical (unpaired) electrons. The van der Waals surface area contributed by atoms with E-state index in [0.717, 1.165) is 41.9 Å². The zero-order valence-corrected chi connectivity index (χ0v) is 18.0. The fourth-order valence-corrected chi connectivity index (χ4v) is 3.55. The number of halogens is 1. The molecule has 0 aliphatic carbocycles. The van der Waals surface area contributed by atoms with E-state index in [1.165, 1.54) is 6.42 Å². The Kier molecular flexibility index (Phi) is 6.44. The number of fused-ring (bicyclic) bond motifs is 1. The second-order valence-electron chi connectivity index (χ2n) is 7.67. The first-order valence-electron chi connectivity index (χ1n) is 8.58. The molecule has 5 nitrogen and oxygen atoms in total. The summed E-state index contributed by atoms with van der Waals surface area (Å²) in [5, 5.41) is 7.87. The lowest BCUT2D eigenvalue weighted by Gasteiger charge is -2.36. The molecule has 0 saturated heterocycles. The van der Waals surface area contributed by atoms with Gasteiger partial charge < -0.3 is 9.74 Å². The molecule has 1 N–H and O–H groups in total. The predicted molar refractivity (Wildman–Crippen MR) is 106 cm³/mol. The number of hydrogen-bond donors (Lipinski definition) is 1. The topological polar surface area (TPSA) is 51.5 Å². The van der Waals surface area contributed by atoms with Gasteiger partial charge in [-0.25, -0.2) is 9.50 Å². The third kappa shape index (κ3) is 5.04. The maximum Gasteiger partial charge on any atom is 0.191 e. The minimum Gasteiger partial charge on any atom is -0.417 e. The van der Waals surface area contributed by atoms with Gasteiger partial charge in [0, 0.05) is 19.3 Å². The van der Waals surface area contributed by atoms with Gasteiger partial charge in [0.15, 0.2) is 14.0 Å². The van der Waals surface area contributed by atoms with E-state index in [0.29, 0.717) is 5.04 Å². The lowest BCUT2D eigenvalue weighted by Crippen LogP contribution is -2.40. The molecule has 0 atom stereocenters. The summed E-state index contributed by atoms with van der Waals surface area (Å²) in [6.07, 6.45) is 7.08. The molecule has 2 rings (SSSR count). The summed E-state index contributed by atoms with van der Waals surface area (Å²) < 4.78 is 8.87. The first kappa shape index (κ1) is 19.4. The smallest absolute Gasteiger partial charge is 0.191 e. The highest BCUT2D eigenvalue weighted by atomic mass is 79.9. The molecular formula is C17H29BrN4OSi. The van der Waals surface area contributed by atoms with Crippen LogP contribution in [0.1, 0.15) is 40.0 Å². The average Bonchev–Trinajstić information content (AvgIpc) is 2.86. The summed E-state index contributed by atoms with van der Waals surface area (Å²) in [5.41, 5.74) is 0.836. The van der Waals surface area contributed by atoms with Crippen LogP contribution in [0, 0.1) is 0 Å². The molecule has 0 amide bonds. The van der Waals surface area contributed by atoms with E-state index >= 15 is 0 Å². The van der Waals surface area contributed by atoms with E-state index in [9.17, 15) is 0 Å². The van der Waals surface area contributed by atoms with Crippen LogP contribution in [-0.4, -0.2) is 36.1 Å². The average molecular weight is 413 g/mol. The van der Waals surface area contributed by atoms with Crippen LogP contribution >= 0.6 is 15.9 Å². The first-order valence-corrected chi connectivity index (χ1v) is 12.3. The van der Waals surface area contributed by atoms with E-state index in [1.807, 2.05) is 12.3 Å². The Labute approximate surface area is 154 Å². The van der Waals surface area contributed by atoms with Gasteiger partial charge in [-0.05, 0) is 59.4 Å². The Morgan fingerprint density at radius 2 is 2.00 bits per heavy atom. The molecular weight excluding hydrogens is 384 g/mol. The van der Waals surface area contributed by atoms with Crippen molar-refractivity contribution in [3.8, 4) is 0 Å². The molecule has 7 heteroatoms. The van der Waals surface area contributed by atoms with Crippen LogP contribution in [-0.2, 0) is 4.43 Å². The van der Waals surface area contributed by atoms with Gasteiger partial charge in [0.05, 0.1) is 10.7 Å². The quantitative estimate of drug-likeness (QED) is 0.484. The van der Waals surface area contributed by atoms with Gasteiger partial charge in [-0.2, -0.15) is 5.10 Å². The van der Waals surface area contributed by atoms with Crippen LogP contribution in [0.25, 0.3) is 5.65 Å². The second kappa shape index (κ2) is 7.97. The number of unbranched alkanes of at least 4 members (excludes halogenated alkanes) is 2. The Morgan fingerprint density at radius 3 is 2.71 bits per heavy atom. The van der Waals surface area contributed by atoms with E-state index in [1.54, 1.807) is 10.7 Å². The van der Waals surface area contributed by atoms with Gasteiger partial charge in [0.1, 0.15) is 5.82 Å². The van der Waals surface area contributed by atoms with Crippen molar-refractivity contribution in [2.75, 3.05) is 18.5 Å². The second-order valence-corrected chi connectivity index (χ2v) is 13.3. The van der Waals surface area contributed by atoms with Crippen molar-refractivity contribution in [1.82, 2.24) is 14.6 Å². The zero-order valence-electron chi connectivity index (χ0n) is 15.4. The van der Waals surface area contributed by atoms with Crippen molar-refractivity contribution in [3.63, 3.8) is 0 Å².